The molecule has 0 saturated carbocycles. The van der Waals surface area contributed by atoms with E-state index in [0.29, 0.717) is 28.5 Å². The van der Waals surface area contributed by atoms with Gasteiger partial charge in [0.2, 0.25) is 0 Å². The Morgan fingerprint density at radius 1 is 0.955 bits per heavy atom. The lowest BCUT2D eigenvalue weighted by Gasteiger charge is -2.14. The Morgan fingerprint density at radius 2 is 1.68 bits per heavy atom. The lowest BCUT2D eigenvalue weighted by atomic mass is 10.1. The topological polar surface area (TPSA) is 66.6 Å². The first-order valence-corrected chi connectivity index (χ1v) is 6.76. The highest BCUT2D eigenvalue weighted by molar-refractivity contribution is 5.96. The van der Waals surface area contributed by atoms with Crippen LogP contribution in [0.4, 0.5) is 5.69 Å². The molecule has 0 aliphatic carbocycles. The quantitative estimate of drug-likeness (QED) is 0.745. The third-order valence-corrected chi connectivity index (χ3v) is 3.34. The van der Waals surface area contributed by atoms with Crippen molar-refractivity contribution in [3.8, 4) is 23.0 Å². The largest absolute Gasteiger partial charge is 0.497 e. The highest BCUT2D eigenvalue weighted by Gasteiger charge is 2.14. The first-order chi connectivity index (χ1) is 10.7. The Kier molecular flexibility index (Phi) is 3.70. The molecule has 1 aromatic heterocycles. The predicted molar refractivity (Wildman–Crippen MR) is 85.8 cm³/mol. The van der Waals surface area contributed by atoms with Gasteiger partial charge in [0.15, 0.2) is 11.5 Å². The molecule has 3 aromatic rings. The molecule has 0 unspecified atom stereocenters. The summed E-state index contributed by atoms with van der Waals surface area (Å²) in [5.74, 6) is 2.59. The Hall–Kier alpha value is -2.95. The predicted octanol–water partition coefficient (Wildman–Crippen LogP) is 3.63. The van der Waals surface area contributed by atoms with Crippen molar-refractivity contribution in [2.75, 3.05) is 20.0 Å². The van der Waals surface area contributed by atoms with Crippen LogP contribution < -0.4 is 19.9 Å². The van der Waals surface area contributed by atoms with Gasteiger partial charge in [-0.3, -0.25) is 4.98 Å². The fourth-order valence-electron chi connectivity index (χ4n) is 2.24. The van der Waals surface area contributed by atoms with Gasteiger partial charge in [-0.2, -0.15) is 0 Å². The summed E-state index contributed by atoms with van der Waals surface area (Å²) in [7, 11) is 3.20. The minimum Gasteiger partial charge on any atom is -0.497 e. The average molecular weight is 296 g/mol. The van der Waals surface area contributed by atoms with E-state index in [0.717, 1.165) is 11.1 Å². The molecule has 2 N–H and O–H groups in total. The molecule has 0 atom stereocenters. The van der Waals surface area contributed by atoms with E-state index in [4.69, 9.17) is 19.9 Å². The monoisotopic (exact) mass is 296 g/mol. The van der Waals surface area contributed by atoms with Crippen molar-refractivity contribution in [3.05, 3.63) is 48.7 Å². The maximum atomic E-state index is 6.02. The van der Waals surface area contributed by atoms with Crippen molar-refractivity contribution >= 4 is 16.6 Å². The summed E-state index contributed by atoms with van der Waals surface area (Å²) >= 11 is 0. The molecule has 0 radical (unpaired) electrons. The van der Waals surface area contributed by atoms with Gasteiger partial charge in [-0.1, -0.05) is 0 Å². The van der Waals surface area contributed by atoms with Crippen LogP contribution in [0.15, 0.2) is 48.7 Å². The zero-order valence-electron chi connectivity index (χ0n) is 12.4. The number of hydrogen-bond acceptors (Lipinski definition) is 5. The van der Waals surface area contributed by atoms with Gasteiger partial charge < -0.3 is 19.9 Å². The number of ether oxygens (including phenoxy) is 3. The normalized spacial score (nSPS) is 10.5. The SMILES string of the molecule is COc1ccc(Oc2c(OC)cc(N)c3ncccc23)cc1. The van der Waals surface area contributed by atoms with Crippen molar-refractivity contribution in [2.24, 2.45) is 0 Å². The number of aromatic nitrogens is 1. The molecule has 0 spiro atoms. The molecule has 22 heavy (non-hydrogen) atoms. The molecule has 5 nitrogen and oxygen atoms in total. The molecule has 112 valence electrons. The minimum atomic E-state index is 0.550. The molecule has 0 aliphatic heterocycles. The van der Waals surface area contributed by atoms with E-state index in [2.05, 4.69) is 4.98 Å². The van der Waals surface area contributed by atoms with Crippen molar-refractivity contribution in [2.45, 2.75) is 0 Å². The highest BCUT2D eigenvalue weighted by atomic mass is 16.5. The van der Waals surface area contributed by atoms with Crippen LogP contribution in [0.5, 0.6) is 23.0 Å². The van der Waals surface area contributed by atoms with E-state index in [1.54, 1.807) is 26.5 Å². The van der Waals surface area contributed by atoms with Gasteiger partial charge in [-0.15, -0.1) is 0 Å². The number of pyridine rings is 1. The second-order valence-corrected chi connectivity index (χ2v) is 4.67. The van der Waals surface area contributed by atoms with E-state index < -0.39 is 0 Å². The molecular formula is C17H16N2O3. The third kappa shape index (κ3) is 2.48. The molecule has 3 rings (SSSR count). The van der Waals surface area contributed by atoms with Gasteiger partial charge >= 0.3 is 0 Å². The second kappa shape index (κ2) is 5.81. The van der Waals surface area contributed by atoms with Crippen molar-refractivity contribution in [1.82, 2.24) is 4.98 Å². The summed E-state index contributed by atoms with van der Waals surface area (Å²) in [6.45, 7) is 0. The van der Waals surface area contributed by atoms with Gasteiger partial charge in [-0.05, 0) is 36.4 Å². The minimum absolute atomic E-state index is 0.550. The smallest absolute Gasteiger partial charge is 0.178 e. The van der Waals surface area contributed by atoms with E-state index in [1.807, 2.05) is 36.4 Å². The molecule has 0 fully saturated rings. The van der Waals surface area contributed by atoms with Crippen molar-refractivity contribution < 1.29 is 14.2 Å². The maximum absolute atomic E-state index is 6.02. The molecule has 0 amide bonds. The highest BCUT2D eigenvalue weighted by Crippen LogP contribution is 2.40. The fraction of sp³-hybridized carbons (Fsp3) is 0.118. The van der Waals surface area contributed by atoms with Crippen LogP contribution in [-0.4, -0.2) is 19.2 Å². The molecule has 1 heterocycles. The Balaban J connectivity index is 2.10. The molecule has 0 aliphatic rings. The average Bonchev–Trinajstić information content (AvgIpc) is 2.58. The van der Waals surface area contributed by atoms with Crippen LogP contribution in [0.3, 0.4) is 0 Å². The zero-order valence-corrected chi connectivity index (χ0v) is 12.4. The number of benzene rings is 2. The number of nitrogens with two attached hydrogens (primary N) is 1. The number of hydrogen-bond donors (Lipinski definition) is 1. The number of nitrogens with zero attached hydrogens (tertiary/aromatic N) is 1. The molecule has 0 saturated heterocycles. The Morgan fingerprint density at radius 3 is 2.36 bits per heavy atom. The lowest BCUT2D eigenvalue weighted by molar-refractivity contribution is 0.381. The van der Waals surface area contributed by atoms with Crippen LogP contribution in [0.2, 0.25) is 0 Å². The van der Waals surface area contributed by atoms with E-state index in [1.165, 1.54) is 0 Å². The first-order valence-electron chi connectivity index (χ1n) is 6.76. The van der Waals surface area contributed by atoms with E-state index >= 15 is 0 Å². The Labute approximate surface area is 128 Å². The van der Waals surface area contributed by atoms with E-state index in [-0.39, 0.29) is 0 Å². The summed E-state index contributed by atoms with van der Waals surface area (Å²) in [6, 6.07) is 12.8. The van der Waals surface area contributed by atoms with Crippen LogP contribution in [0.1, 0.15) is 0 Å². The fourth-order valence-corrected chi connectivity index (χ4v) is 2.24. The summed E-state index contributed by atoms with van der Waals surface area (Å²) in [4.78, 5) is 4.31. The van der Waals surface area contributed by atoms with Crippen LogP contribution >= 0.6 is 0 Å². The van der Waals surface area contributed by atoms with Gasteiger partial charge in [0.1, 0.15) is 11.5 Å². The molecule has 5 heteroatoms. The first kappa shape index (κ1) is 14.0. The molecular weight excluding hydrogens is 280 g/mol. The van der Waals surface area contributed by atoms with Crippen LogP contribution in [-0.2, 0) is 0 Å². The van der Waals surface area contributed by atoms with E-state index in [9.17, 15) is 0 Å². The maximum Gasteiger partial charge on any atom is 0.178 e. The number of anilines is 1. The Bertz CT molecular complexity index is 801. The van der Waals surface area contributed by atoms with Crippen molar-refractivity contribution in [1.29, 1.82) is 0 Å². The summed E-state index contributed by atoms with van der Waals surface area (Å²) in [5, 5.41) is 0.801. The summed E-state index contributed by atoms with van der Waals surface area (Å²) < 4.78 is 16.5. The summed E-state index contributed by atoms with van der Waals surface area (Å²) in [5.41, 5.74) is 7.26. The number of methoxy groups -OCH3 is 2. The van der Waals surface area contributed by atoms with Crippen LogP contribution in [0, 0.1) is 0 Å². The number of nitrogen functional groups attached to an aromatic ring is 1. The lowest BCUT2D eigenvalue weighted by Crippen LogP contribution is -1.96. The number of rotatable bonds is 4. The molecule has 0 bridgehead atoms. The van der Waals surface area contributed by atoms with Gasteiger partial charge in [0, 0.05) is 17.6 Å². The second-order valence-electron chi connectivity index (χ2n) is 4.67. The zero-order chi connectivity index (χ0) is 15.5. The van der Waals surface area contributed by atoms with Gasteiger partial charge in [-0.25, -0.2) is 0 Å². The van der Waals surface area contributed by atoms with Crippen molar-refractivity contribution in [3.63, 3.8) is 0 Å². The molecule has 2 aromatic carbocycles. The van der Waals surface area contributed by atoms with Gasteiger partial charge in [0.25, 0.3) is 0 Å². The summed E-state index contributed by atoms with van der Waals surface area (Å²) in [6.07, 6.45) is 1.70. The standard InChI is InChI=1S/C17H16N2O3/c1-20-11-5-7-12(8-6-11)22-17-13-4-3-9-19-16(13)14(18)10-15(17)21-2/h3-10H,18H2,1-2H3. The third-order valence-electron chi connectivity index (χ3n) is 3.34. The number of fused-ring (bicyclic) bond motifs is 1. The van der Waals surface area contributed by atoms with Gasteiger partial charge in [0.05, 0.1) is 25.4 Å². The van der Waals surface area contributed by atoms with Crippen LogP contribution in [0.25, 0.3) is 10.9 Å².